The Bertz CT molecular complexity index is 272. The normalized spacial score (nSPS) is 9.18. The van der Waals surface area contributed by atoms with E-state index in [1.54, 1.807) is 12.3 Å². The van der Waals surface area contributed by atoms with Crippen LogP contribution in [-0.2, 0) is 0 Å². The van der Waals surface area contributed by atoms with Crippen molar-refractivity contribution in [3.05, 3.63) is 17.8 Å². The molecule has 0 unspecified atom stereocenters. The summed E-state index contributed by atoms with van der Waals surface area (Å²) < 4.78 is 4.91. The van der Waals surface area contributed by atoms with Crippen molar-refractivity contribution in [1.82, 2.24) is 4.98 Å². The molecule has 1 heterocycles. The number of anilines is 1. The van der Waals surface area contributed by atoms with E-state index in [2.05, 4.69) is 4.98 Å². The molecule has 0 saturated carbocycles. The van der Waals surface area contributed by atoms with E-state index in [1.165, 1.54) is 13.3 Å². The molecule has 0 aliphatic heterocycles. The van der Waals surface area contributed by atoms with Crippen molar-refractivity contribution in [2.45, 2.75) is 0 Å². The summed E-state index contributed by atoms with van der Waals surface area (Å²) in [5.74, 6) is 0.451. The van der Waals surface area contributed by atoms with E-state index in [0.29, 0.717) is 17.1 Å². The maximum atomic E-state index is 5.58. The van der Waals surface area contributed by atoms with E-state index in [9.17, 15) is 0 Å². The molecule has 0 spiro atoms. The van der Waals surface area contributed by atoms with Gasteiger partial charge in [-0.15, -0.1) is 0 Å². The topological polar surface area (TPSA) is 73.7 Å². The minimum Gasteiger partial charge on any atom is -0.480 e. The Morgan fingerprint density at radius 3 is 2.91 bits per heavy atom. The molecule has 0 radical (unpaired) electrons. The molecule has 0 bridgehead atoms. The average molecular weight is 152 g/mol. The van der Waals surface area contributed by atoms with Crippen LogP contribution in [0.2, 0.25) is 0 Å². The monoisotopic (exact) mass is 152 g/mol. The fourth-order valence-corrected chi connectivity index (χ4v) is 0.798. The van der Waals surface area contributed by atoms with Crippen LogP contribution in [0.25, 0.3) is 0 Å². The Labute approximate surface area is 64.5 Å². The summed E-state index contributed by atoms with van der Waals surface area (Å²) in [6.45, 7) is 0. The van der Waals surface area contributed by atoms with Crippen molar-refractivity contribution in [2.75, 3.05) is 12.8 Å². The van der Waals surface area contributed by atoms with Gasteiger partial charge in [-0.05, 0) is 6.07 Å². The number of nitrogens with zero attached hydrogens (tertiary/aromatic N) is 1. The molecule has 4 N–H and O–H groups in total. The summed E-state index contributed by atoms with van der Waals surface area (Å²) in [6, 6.07) is 1.67. The van der Waals surface area contributed by atoms with Crippen LogP contribution in [0.15, 0.2) is 12.3 Å². The Morgan fingerprint density at radius 1 is 1.73 bits per heavy atom. The molecule has 0 aliphatic carbocycles. The third kappa shape index (κ3) is 1.29. The Morgan fingerprint density at radius 2 is 2.45 bits per heavy atom. The van der Waals surface area contributed by atoms with Crippen molar-refractivity contribution in [1.29, 1.82) is 0 Å². The fourth-order valence-electron chi connectivity index (χ4n) is 0.798. The first-order valence-electron chi connectivity index (χ1n) is 3.13. The van der Waals surface area contributed by atoms with E-state index >= 15 is 0 Å². The molecule has 0 saturated heterocycles. The van der Waals surface area contributed by atoms with Gasteiger partial charge in [0.1, 0.15) is 5.56 Å². The van der Waals surface area contributed by atoms with Gasteiger partial charge in [0.05, 0.1) is 12.8 Å². The van der Waals surface area contributed by atoms with Gasteiger partial charge < -0.3 is 10.5 Å². The maximum Gasteiger partial charge on any atom is 0.228 e. The molecule has 58 valence electrons. The molecule has 1 rings (SSSR count). The van der Waals surface area contributed by atoms with Gasteiger partial charge in [0.15, 0.2) is 6.21 Å². The van der Waals surface area contributed by atoms with Gasteiger partial charge in [-0.3, -0.25) is 5.41 Å². The van der Waals surface area contributed by atoms with Gasteiger partial charge in [0, 0.05) is 6.20 Å². The average Bonchev–Trinajstić information content (AvgIpc) is 2.04. The van der Waals surface area contributed by atoms with Crippen molar-refractivity contribution < 1.29 is 10.1 Å². The quantitative estimate of drug-likeness (QED) is 0.525. The van der Waals surface area contributed by atoms with Gasteiger partial charge in [-0.1, -0.05) is 0 Å². The van der Waals surface area contributed by atoms with E-state index < -0.39 is 0 Å². The minimum atomic E-state index is 0.451. The predicted octanol–water partition coefficient (Wildman–Crippen LogP) is -1.15. The Hall–Kier alpha value is -1.58. The number of rotatable bonds is 2. The molecule has 0 atom stereocenters. The standard InChI is InChI=1S/C7H9N3O/c1-11-7-5(4-8)6(9)2-3-10-7/h2-4,8H,1H3,(H2,9,10)/p+1. The fraction of sp³-hybridized carbons (Fsp3) is 0.143. The highest BCUT2D eigenvalue weighted by molar-refractivity contribution is 5.85. The third-order valence-electron chi connectivity index (χ3n) is 1.35. The lowest BCUT2D eigenvalue weighted by Gasteiger charge is -2.01. The largest absolute Gasteiger partial charge is 0.480 e. The van der Waals surface area contributed by atoms with Crippen LogP contribution in [0.4, 0.5) is 5.69 Å². The summed E-state index contributed by atoms with van der Waals surface area (Å²) >= 11 is 0. The molecule has 0 aromatic carbocycles. The van der Waals surface area contributed by atoms with Crippen LogP contribution in [0.5, 0.6) is 5.88 Å². The molecular weight excluding hydrogens is 142 g/mol. The highest BCUT2D eigenvalue weighted by atomic mass is 16.5. The molecule has 4 nitrogen and oxygen atoms in total. The molecule has 11 heavy (non-hydrogen) atoms. The molecule has 0 aliphatic rings. The second-order valence-electron chi connectivity index (χ2n) is 1.99. The SMILES string of the molecule is COc1nccc(N)c1C=[NH2+]. The summed E-state index contributed by atoms with van der Waals surface area (Å²) in [4.78, 5) is 3.92. The van der Waals surface area contributed by atoms with E-state index in [0.717, 1.165) is 0 Å². The summed E-state index contributed by atoms with van der Waals surface area (Å²) in [5, 5.41) is 5.30. The first-order chi connectivity index (χ1) is 5.29. The van der Waals surface area contributed by atoms with E-state index in [-0.39, 0.29) is 0 Å². The number of hydrogen-bond acceptors (Lipinski definition) is 3. The lowest BCUT2D eigenvalue weighted by molar-refractivity contribution is -0.104. The van der Waals surface area contributed by atoms with Gasteiger partial charge in [-0.2, -0.15) is 0 Å². The Kier molecular flexibility index (Phi) is 2.06. The number of pyridine rings is 1. The molecule has 0 fully saturated rings. The number of aromatic nitrogens is 1. The second-order valence-corrected chi connectivity index (χ2v) is 1.99. The number of nitrogen functional groups attached to an aromatic ring is 1. The van der Waals surface area contributed by atoms with Gasteiger partial charge in [0.25, 0.3) is 0 Å². The molecular formula is C7H10N3O+. The minimum absolute atomic E-state index is 0.451. The van der Waals surface area contributed by atoms with Crippen LogP contribution in [0, 0.1) is 0 Å². The molecule has 1 aromatic rings. The number of nitrogens with two attached hydrogens (primary N) is 2. The van der Waals surface area contributed by atoms with Crippen molar-refractivity contribution in [3.63, 3.8) is 0 Å². The van der Waals surface area contributed by atoms with Gasteiger partial charge in [-0.25, -0.2) is 4.98 Å². The predicted molar refractivity (Wildman–Crippen MR) is 42.3 cm³/mol. The van der Waals surface area contributed by atoms with Crippen molar-refractivity contribution >= 4 is 11.9 Å². The highest BCUT2D eigenvalue weighted by Gasteiger charge is 2.06. The Balaban J connectivity index is 3.24. The maximum absolute atomic E-state index is 5.58. The molecule has 1 aromatic heterocycles. The van der Waals surface area contributed by atoms with Gasteiger partial charge >= 0.3 is 0 Å². The molecule has 4 heteroatoms. The van der Waals surface area contributed by atoms with Crippen LogP contribution in [0.3, 0.4) is 0 Å². The second kappa shape index (κ2) is 3.01. The van der Waals surface area contributed by atoms with E-state index in [1.807, 2.05) is 0 Å². The van der Waals surface area contributed by atoms with Crippen molar-refractivity contribution in [2.24, 2.45) is 0 Å². The number of hydrogen-bond donors (Lipinski definition) is 2. The first-order valence-corrected chi connectivity index (χ1v) is 3.13. The van der Waals surface area contributed by atoms with Crippen LogP contribution in [-0.4, -0.2) is 18.3 Å². The lowest BCUT2D eigenvalue weighted by atomic mass is 10.2. The first kappa shape index (κ1) is 7.53. The van der Waals surface area contributed by atoms with Crippen LogP contribution >= 0.6 is 0 Å². The number of ether oxygens (including phenoxy) is 1. The lowest BCUT2D eigenvalue weighted by Crippen LogP contribution is -2.30. The zero-order valence-corrected chi connectivity index (χ0v) is 6.24. The smallest absolute Gasteiger partial charge is 0.228 e. The number of methoxy groups -OCH3 is 1. The summed E-state index contributed by atoms with van der Waals surface area (Å²) in [6.07, 6.45) is 2.95. The highest BCUT2D eigenvalue weighted by Crippen LogP contribution is 2.17. The zero-order valence-electron chi connectivity index (χ0n) is 6.24. The van der Waals surface area contributed by atoms with Crippen molar-refractivity contribution in [3.8, 4) is 5.88 Å². The summed E-state index contributed by atoms with van der Waals surface area (Å²) in [5.41, 5.74) is 6.78. The van der Waals surface area contributed by atoms with Gasteiger partial charge in [0.2, 0.25) is 5.88 Å². The third-order valence-corrected chi connectivity index (χ3v) is 1.35. The molecule has 0 amide bonds. The van der Waals surface area contributed by atoms with Crippen LogP contribution in [0.1, 0.15) is 5.56 Å². The zero-order chi connectivity index (χ0) is 8.27. The van der Waals surface area contributed by atoms with E-state index in [4.69, 9.17) is 15.9 Å². The summed E-state index contributed by atoms with van der Waals surface area (Å²) in [7, 11) is 1.52. The van der Waals surface area contributed by atoms with Crippen LogP contribution < -0.4 is 15.9 Å².